The second-order valence-corrected chi connectivity index (χ2v) is 7.38. The molecule has 0 bridgehead atoms. The van der Waals surface area contributed by atoms with Gasteiger partial charge in [-0.15, -0.1) is 11.8 Å². The summed E-state index contributed by atoms with van der Waals surface area (Å²) in [5.41, 5.74) is 1.72. The van der Waals surface area contributed by atoms with Crippen molar-refractivity contribution in [1.82, 2.24) is 10.3 Å². The van der Waals surface area contributed by atoms with E-state index in [0.717, 1.165) is 5.56 Å². The molecule has 7 heteroatoms. The summed E-state index contributed by atoms with van der Waals surface area (Å²) >= 11 is 7.44. The number of aromatic nitrogens is 1. The smallest absolute Gasteiger partial charge is 0.230 e. The van der Waals surface area contributed by atoms with Crippen molar-refractivity contribution in [3.8, 4) is 11.5 Å². The number of thioether (sulfide) groups is 1. The number of nitrogens with zero attached hydrogens (tertiary/aromatic N) is 1. The first-order chi connectivity index (χ1) is 13.6. The summed E-state index contributed by atoms with van der Waals surface area (Å²) in [7, 11) is 0. The quantitative estimate of drug-likeness (QED) is 0.547. The number of hydrogen-bond donors (Lipinski definition) is 1. The maximum absolute atomic E-state index is 14.2. The molecule has 1 aromatic heterocycles. The average Bonchev–Trinajstić information content (AvgIpc) is 2.69. The molecule has 28 heavy (non-hydrogen) atoms. The van der Waals surface area contributed by atoms with Crippen LogP contribution in [0, 0.1) is 5.82 Å². The van der Waals surface area contributed by atoms with Crippen molar-refractivity contribution < 1.29 is 13.9 Å². The van der Waals surface area contributed by atoms with Crippen LogP contribution >= 0.6 is 23.4 Å². The Labute approximate surface area is 172 Å². The van der Waals surface area contributed by atoms with Gasteiger partial charge in [-0.05, 0) is 47.5 Å². The van der Waals surface area contributed by atoms with Crippen molar-refractivity contribution in [2.24, 2.45) is 0 Å². The molecule has 1 heterocycles. The van der Waals surface area contributed by atoms with Crippen LogP contribution in [0.2, 0.25) is 5.02 Å². The lowest BCUT2D eigenvalue weighted by Gasteiger charge is -2.09. The van der Waals surface area contributed by atoms with Gasteiger partial charge in [0, 0.05) is 23.5 Å². The van der Waals surface area contributed by atoms with Crippen molar-refractivity contribution in [1.29, 1.82) is 0 Å². The van der Waals surface area contributed by atoms with Crippen LogP contribution in [-0.4, -0.2) is 16.6 Å². The highest BCUT2D eigenvalue weighted by Crippen LogP contribution is 2.24. The van der Waals surface area contributed by atoms with Gasteiger partial charge >= 0.3 is 0 Å². The molecule has 0 aliphatic rings. The lowest BCUT2D eigenvalue weighted by Crippen LogP contribution is -2.24. The highest BCUT2D eigenvalue weighted by atomic mass is 35.5. The van der Waals surface area contributed by atoms with E-state index < -0.39 is 5.82 Å². The van der Waals surface area contributed by atoms with E-state index in [1.165, 1.54) is 30.1 Å². The van der Waals surface area contributed by atoms with Gasteiger partial charge in [0.15, 0.2) is 11.6 Å². The topological polar surface area (TPSA) is 51.2 Å². The van der Waals surface area contributed by atoms with Crippen LogP contribution in [0.15, 0.2) is 67.0 Å². The molecule has 0 saturated carbocycles. The predicted octanol–water partition coefficient (Wildman–Crippen LogP) is 5.22. The average molecular weight is 417 g/mol. The summed E-state index contributed by atoms with van der Waals surface area (Å²) < 4.78 is 19.7. The standard InChI is InChI=1S/C21H18ClFN2O2S/c22-17-4-1-3-16(9-17)13-28-14-21(26)25-11-15-6-7-20(19(23)10-15)27-18-5-2-8-24-12-18/h1-10,12H,11,13-14H2,(H,25,26). The summed E-state index contributed by atoms with van der Waals surface area (Å²) in [6.45, 7) is 0.251. The van der Waals surface area contributed by atoms with Crippen LogP contribution < -0.4 is 10.1 Å². The molecule has 0 radical (unpaired) electrons. The first kappa shape index (κ1) is 20.2. The highest BCUT2D eigenvalue weighted by molar-refractivity contribution is 7.99. The van der Waals surface area contributed by atoms with Gasteiger partial charge in [0.05, 0.1) is 11.9 Å². The molecule has 0 spiro atoms. The Balaban J connectivity index is 1.45. The van der Waals surface area contributed by atoms with Crippen LogP contribution in [0.4, 0.5) is 4.39 Å². The zero-order chi connectivity index (χ0) is 19.8. The molecule has 0 aliphatic carbocycles. The van der Waals surface area contributed by atoms with Crippen LogP contribution in [0.25, 0.3) is 0 Å². The van der Waals surface area contributed by atoms with E-state index in [1.54, 1.807) is 24.4 Å². The minimum Gasteiger partial charge on any atom is -0.453 e. The highest BCUT2D eigenvalue weighted by Gasteiger charge is 2.08. The Kier molecular flexibility index (Phi) is 7.28. The second kappa shape index (κ2) is 10.1. The number of benzene rings is 2. The third-order valence-electron chi connectivity index (χ3n) is 3.74. The molecule has 1 amide bonds. The Bertz CT molecular complexity index is 941. The molecule has 144 valence electrons. The maximum atomic E-state index is 14.2. The van der Waals surface area contributed by atoms with E-state index in [-0.39, 0.29) is 18.2 Å². The molecule has 2 aromatic carbocycles. The van der Waals surface area contributed by atoms with Crippen LogP contribution in [0.5, 0.6) is 11.5 Å². The Morgan fingerprint density at radius 1 is 1.14 bits per heavy atom. The zero-order valence-corrected chi connectivity index (χ0v) is 16.5. The third kappa shape index (κ3) is 6.25. The van der Waals surface area contributed by atoms with E-state index >= 15 is 0 Å². The number of carbonyl (C=O) groups is 1. The van der Waals surface area contributed by atoms with Crippen LogP contribution in [-0.2, 0) is 17.1 Å². The number of amides is 1. The van der Waals surface area contributed by atoms with E-state index in [2.05, 4.69) is 10.3 Å². The fraction of sp³-hybridized carbons (Fsp3) is 0.143. The van der Waals surface area contributed by atoms with Crippen LogP contribution in [0.3, 0.4) is 0 Å². The summed E-state index contributed by atoms with van der Waals surface area (Å²) in [4.78, 5) is 15.9. The number of hydrogen-bond acceptors (Lipinski definition) is 4. The molecule has 1 N–H and O–H groups in total. The summed E-state index contributed by atoms with van der Waals surface area (Å²) in [5.74, 6) is 0.980. The number of halogens is 2. The SMILES string of the molecule is O=C(CSCc1cccc(Cl)c1)NCc1ccc(Oc2cccnc2)c(F)c1. The number of ether oxygens (including phenoxy) is 1. The van der Waals surface area contributed by atoms with Gasteiger partial charge in [-0.2, -0.15) is 0 Å². The minimum atomic E-state index is -0.495. The molecule has 0 unspecified atom stereocenters. The normalized spacial score (nSPS) is 10.5. The van der Waals surface area contributed by atoms with Gasteiger partial charge < -0.3 is 10.1 Å². The number of pyridine rings is 1. The van der Waals surface area contributed by atoms with Crippen molar-refractivity contribution in [2.45, 2.75) is 12.3 Å². The van der Waals surface area contributed by atoms with Crippen molar-refractivity contribution in [2.75, 3.05) is 5.75 Å². The number of rotatable bonds is 8. The summed E-state index contributed by atoms with van der Waals surface area (Å²) in [5, 5.41) is 3.47. The molecule has 0 aliphatic heterocycles. The van der Waals surface area contributed by atoms with Gasteiger partial charge in [-0.1, -0.05) is 29.8 Å². The molecule has 0 saturated heterocycles. The van der Waals surface area contributed by atoms with Gasteiger partial charge in [0.2, 0.25) is 5.91 Å². The predicted molar refractivity (Wildman–Crippen MR) is 110 cm³/mol. The van der Waals surface area contributed by atoms with Crippen molar-refractivity contribution in [3.63, 3.8) is 0 Å². The van der Waals surface area contributed by atoms with Crippen molar-refractivity contribution >= 4 is 29.3 Å². The third-order valence-corrected chi connectivity index (χ3v) is 4.98. The lowest BCUT2D eigenvalue weighted by molar-refractivity contribution is -0.118. The largest absolute Gasteiger partial charge is 0.453 e. The van der Waals surface area contributed by atoms with Gasteiger partial charge in [0.25, 0.3) is 0 Å². The maximum Gasteiger partial charge on any atom is 0.230 e. The molecule has 3 rings (SSSR count). The first-order valence-electron chi connectivity index (χ1n) is 8.55. The van der Waals surface area contributed by atoms with E-state index in [0.29, 0.717) is 27.8 Å². The van der Waals surface area contributed by atoms with Gasteiger partial charge in [-0.3, -0.25) is 9.78 Å². The zero-order valence-electron chi connectivity index (χ0n) is 14.9. The second-order valence-electron chi connectivity index (χ2n) is 5.96. The summed E-state index contributed by atoms with van der Waals surface area (Å²) in [6.07, 6.45) is 3.12. The van der Waals surface area contributed by atoms with Crippen molar-refractivity contribution in [3.05, 3.63) is 89.0 Å². The number of carbonyl (C=O) groups excluding carboxylic acids is 1. The first-order valence-corrected chi connectivity index (χ1v) is 10.1. The Morgan fingerprint density at radius 3 is 2.79 bits per heavy atom. The molecule has 0 fully saturated rings. The minimum absolute atomic E-state index is 0.108. The van der Waals surface area contributed by atoms with E-state index in [1.807, 2.05) is 24.3 Å². The molecular weight excluding hydrogens is 399 g/mol. The Hall–Kier alpha value is -2.57. The molecule has 4 nitrogen and oxygen atoms in total. The number of nitrogens with one attached hydrogen (secondary N) is 1. The monoisotopic (exact) mass is 416 g/mol. The van der Waals surface area contributed by atoms with Crippen LogP contribution in [0.1, 0.15) is 11.1 Å². The summed E-state index contributed by atoms with van der Waals surface area (Å²) in [6, 6.07) is 15.6. The van der Waals surface area contributed by atoms with Gasteiger partial charge in [0.1, 0.15) is 5.75 Å². The van der Waals surface area contributed by atoms with Gasteiger partial charge in [-0.25, -0.2) is 4.39 Å². The fourth-order valence-corrected chi connectivity index (χ4v) is 3.43. The Morgan fingerprint density at radius 2 is 2.04 bits per heavy atom. The molecule has 0 atom stereocenters. The van der Waals surface area contributed by atoms with E-state index in [4.69, 9.17) is 16.3 Å². The lowest BCUT2D eigenvalue weighted by atomic mass is 10.2. The van der Waals surface area contributed by atoms with E-state index in [9.17, 15) is 9.18 Å². The molecular formula is C21H18ClFN2O2S. The fourth-order valence-electron chi connectivity index (χ4n) is 2.41. The molecule has 3 aromatic rings.